The molecule has 0 amide bonds. The fourth-order valence-electron chi connectivity index (χ4n) is 2.14. The molecule has 0 heterocycles. The van der Waals surface area contributed by atoms with E-state index in [4.69, 9.17) is 15.6 Å². The minimum absolute atomic E-state index is 0.420. The molecule has 1 rings (SSSR count). The summed E-state index contributed by atoms with van der Waals surface area (Å²) in [6, 6.07) is 8.10. The van der Waals surface area contributed by atoms with Crippen molar-refractivity contribution in [3.63, 3.8) is 0 Å². The van der Waals surface area contributed by atoms with Crippen molar-refractivity contribution in [1.82, 2.24) is 0 Å². The molecule has 0 aliphatic rings. The van der Waals surface area contributed by atoms with Crippen LogP contribution in [0, 0.1) is 0 Å². The second kappa shape index (κ2) is 8.03. The smallest absolute Gasteiger partial charge is 0.323 e. The number of ether oxygens (including phenoxy) is 1. The lowest BCUT2D eigenvalue weighted by Gasteiger charge is -2.22. The lowest BCUT2D eigenvalue weighted by Crippen LogP contribution is -2.47. The second-order valence-electron chi connectivity index (χ2n) is 5.65. The minimum atomic E-state index is -1.14. The van der Waals surface area contributed by atoms with Crippen LogP contribution in [0.5, 0.6) is 5.75 Å². The average molecular weight is 293 g/mol. The topological polar surface area (TPSA) is 72.5 Å². The Hall–Kier alpha value is -1.55. The van der Waals surface area contributed by atoms with Crippen LogP contribution < -0.4 is 10.5 Å². The predicted molar refractivity (Wildman–Crippen MR) is 84.7 cm³/mol. The van der Waals surface area contributed by atoms with E-state index in [2.05, 4.69) is 26.0 Å². The second-order valence-corrected chi connectivity index (χ2v) is 5.65. The SMILES string of the molecule is CCC(C)c1ccc(OCCCC(N)(CC)C(=O)O)cc1. The van der Waals surface area contributed by atoms with E-state index in [9.17, 15) is 4.79 Å². The third kappa shape index (κ3) is 5.05. The molecule has 3 N–H and O–H groups in total. The van der Waals surface area contributed by atoms with E-state index < -0.39 is 11.5 Å². The quantitative estimate of drug-likeness (QED) is 0.683. The van der Waals surface area contributed by atoms with Gasteiger partial charge < -0.3 is 15.6 Å². The number of carbonyl (C=O) groups is 1. The first-order valence-electron chi connectivity index (χ1n) is 7.68. The van der Waals surface area contributed by atoms with Gasteiger partial charge in [0.15, 0.2) is 0 Å². The Morgan fingerprint density at radius 1 is 1.33 bits per heavy atom. The molecule has 0 aromatic heterocycles. The van der Waals surface area contributed by atoms with Crippen molar-refractivity contribution in [2.24, 2.45) is 5.73 Å². The van der Waals surface area contributed by atoms with Crippen LogP contribution in [-0.4, -0.2) is 23.2 Å². The van der Waals surface area contributed by atoms with Gasteiger partial charge >= 0.3 is 5.97 Å². The highest BCUT2D eigenvalue weighted by atomic mass is 16.5. The maximum absolute atomic E-state index is 11.1. The van der Waals surface area contributed by atoms with Gasteiger partial charge in [0.1, 0.15) is 11.3 Å². The van der Waals surface area contributed by atoms with E-state index in [1.165, 1.54) is 5.56 Å². The monoisotopic (exact) mass is 293 g/mol. The summed E-state index contributed by atoms with van der Waals surface area (Å²) in [4.78, 5) is 11.1. The van der Waals surface area contributed by atoms with Crippen LogP contribution in [0.15, 0.2) is 24.3 Å². The van der Waals surface area contributed by atoms with Crippen LogP contribution in [0.3, 0.4) is 0 Å². The van der Waals surface area contributed by atoms with Gasteiger partial charge in [-0.3, -0.25) is 4.79 Å². The van der Waals surface area contributed by atoms with Gasteiger partial charge in [-0.05, 0) is 49.3 Å². The zero-order valence-electron chi connectivity index (χ0n) is 13.3. The Bertz CT molecular complexity index is 444. The van der Waals surface area contributed by atoms with Crippen LogP contribution in [0.25, 0.3) is 0 Å². The Kier molecular flexibility index (Phi) is 6.69. The van der Waals surface area contributed by atoms with Crippen molar-refractivity contribution in [2.75, 3.05) is 6.61 Å². The van der Waals surface area contributed by atoms with Gasteiger partial charge in [-0.1, -0.05) is 32.9 Å². The van der Waals surface area contributed by atoms with Crippen LogP contribution in [0.4, 0.5) is 0 Å². The van der Waals surface area contributed by atoms with Gasteiger partial charge in [0.2, 0.25) is 0 Å². The Morgan fingerprint density at radius 3 is 2.43 bits per heavy atom. The van der Waals surface area contributed by atoms with Crippen LogP contribution in [0.1, 0.15) is 57.9 Å². The van der Waals surface area contributed by atoms with Gasteiger partial charge in [0.25, 0.3) is 0 Å². The van der Waals surface area contributed by atoms with E-state index in [1.54, 1.807) is 6.92 Å². The minimum Gasteiger partial charge on any atom is -0.494 e. The number of nitrogens with two attached hydrogens (primary N) is 1. The molecule has 0 aliphatic carbocycles. The summed E-state index contributed by atoms with van der Waals surface area (Å²) in [5.41, 5.74) is 6.01. The molecular formula is C17H27NO3. The molecule has 0 radical (unpaired) electrons. The summed E-state index contributed by atoms with van der Waals surface area (Å²) in [7, 11) is 0. The van der Waals surface area contributed by atoms with Crippen molar-refractivity contribution in [3.8, 4) is 5.75 Å². The normalized spacial score (nSPS) is 15.2. The predicted octanol–water partition coefficient (Wildman–Crippen LogP) is 3.55. The average Bonchev–Trinajstić information content (AvgIpc) is 2.50. The molecule has 118 valence electrons. The van der Waals surface area contributed by atoms with Crippen LogP contribution in [0.2, 0.25) is 0 Å². The van der Waals surface area contributed by atoms with Gasteiger partial charge in [-0.2, -0.15) is 0 Å². The molecule has 4 nitrogen and oxygen atoms in total. The Morgan fingerprint density at radius 2 is 1.95 bits per heavy atom. The molecule has 0 fully saturated rings. The summed E-state index contributed by atoms with van der Waals surface area (Å²) in [5.74, 6) is 0.427. The fourth-order valence-corrected chi connectivity index (χ4v) is 2.14. The summed E-state index contributed by atoms with van der Waals surface area (Å²) < 4.78 is 5.65. The zero-order chi connectivity index (χ0) is 15.9. The Labute approximate surface area is 127 Å². The van der Waals surface area contributed by atoms with Crippen LogP contribution >= 0.6 is 0 Å². The van der Waals surface area contributed by atoms with E-state index in [0.29, 0.717) is 31.8 Å². The molecule has 0 bridgehead atoms. The maximum Gasteiger partial charge on any atom is 0.323 e. The summed E-state index contributed by atoms with van der Waals surface area (Å²) >= 11 is 0. The first-order valence-corrected chi connectivity index (χ1v) is 7.68. The first-order chi connectivity index (χ1) is 9.92. The van der Waals surface area contributed by atoms with Gasteiger partial charge in [-0.25, -0.2) is 0 Å². The van der Waals surface area contributed by atoms with E-state index in [-0.39, 0.29) is 0 Å². The molecule has 0 saturated heterocycles. The van der Waals surface area contributed by atoms with Crippen molar-refractivity contribution < 1.29 is 14.6 Å². The number of benzene rings is 1. The third-order valence-corrected chi connectivity index (χ3v) is 4.15. The molecule has 1 aromatic carbocycles. The lowest BCUT2D eigenvalue weighted by molar-refractivity contribution is -0.143. The van der Waals surface area contributed by atoms with E-state index in [0.717, 1.165) is 12.2 Å². The van der Waals surface area contributed by atoms with Crippen molar-refractivity contribution in [3.05, 3.63) is 29.8 Å². The van der Waals surface area contributed by atoms with Crippen molar-refractivity contribution in [2.45, 2.75) is 57.9 Å². The molecular weight excluding hydrogens is 266 g/mol. The molecule has 2 atom stereocenters. The highest BCUT2D eigenvalue weighted by molar-refractivity contribution is 5.78. The zero-order valence-corrected chi connectivity index (χ0v) is 13.3. The maximum atomic E-state index is 11.1. The van der Waals surface area contributed by atoms with Gasteiger partial charge in [0.05, 0.1) is 6.61 Å². The standard InChI is InChI=1S/C17H27NO3/c1-4-13(3)14-7-9-15(10-8-14)21-12-6-11-17(18,5-2)16(19)20/h7-10,13H,4-6,11-12,18H2,1-3H3,(H,19,20). The molecule has 0 aliphatic heterocycles. The largest absolute Gasteiger partial charge is 0.494 e. The third-order valence-electron chi connectivity index (χ3n) is 4.15. The molecule has 2 unspecified atom stereocenters. The molecule has 21 heavy (non-hydrogen) atoms. The van der Waals surface area contributed by atoms with Crippen molar-refractivity contribution >= 4 is 5.97 Å². The summed E-state index contributed by atoms with van der Waals surface area (Å²) in [6.45, 7) is 6.65. The fraction of sp³-hybridized carbons (Fsp3) is 0.588. The molecule has 0 spiro atoms. The molecule has 4 heteroatoms. The number of hydrogen-bond donors (Lipinski definition) is 2. The highest BCUT2D eigenvalue weighted by Crippen LogP contribution is 2.22. The number of carboxylic acids is 1. The first kappa shape index (κ1) is 17.5. The van der Waals surface area contributed by atoms with E-state index in [1.807, 2.05) is 12.1 Å². The lowest BCUT2D eigenvalue weighted by atomic mass is 9.92. The van der Waals surface area contributed by atoms with Gasteiger partial charge in [0, 0.05) is 0 Å². The highest BCUT2D eigenvalue weighted by Gasteiger charge is 2.30. The number of aliphatic carboxylic acids is 1. The molecule has 0 saturated carbocycles. The van der Waals surface area contributed by atoms with Crippen LogP contribution in [-0.2, 0) is 4.79 Å². The number of carboxylic acid groups (broad SMARTS) is 1. The van der Waals surface area contributed by atoms with Gasteiger partial charge in [-0.15, -0.1) is 0 Å². The molecule has 1 aromatic rings. The Balaban J connectivity index is 2.41. The summed E-state index contributed by atoms with van der Waals surface area (Å²) in [6.07, 6.45) is 2.59. The number of rotatable bonds is 9. The summed E-state index contributed by atoms with van der Waals surface area (Å²) in [5, 5.41) is 9.09. The number of hydrogen-bond acceptors (Lipinski definition) is 3. The van der Waals surface area contributed by atoms with Crippen molar-refractivity contribution in [1.29, 1.82) is 0 Å². The van der Waals surface area contributed by atoms with E-state index >= 15 is 0 Å².